The van der Waals surface area contributed by atoms with E-state index < -0.39 is 9.84 Å². The molecule has 3 aromatic rings. The second-order valence-corrected chi connectivity index (χ2v) is 8.95. The zero-order valence-electron chi connectivity index (χ0n) is 17.1. The molecule has 0 heterocycles. The zero-order chi connectivity index (χ0) is 21.6. The van der Waals surface area contributed by atoms with Gasteiger partial charge in [-0.05, 0) is 55.3 Å². The van der Waals surface area contributed by atoms with Crippen LogP contribution in [0.15, 0.2) is 88.7 Å². The highest BCUT2D eigenvalue weighted by atomic mass is 32.2. The minimum atomic E-state index is -3.85. The van der Waals surface area contributed by atoms with Gasteiger partial charge in [0.25, 0.3) is 0 Å². The Bertz CT molecular complexity index is 1160. The number of rotatable bonds is 7. The molecule has 30 heavy (non-hydrogen) atoms. The number of allylic oxidation sites excluding steroid dienone is 1. The van der Waals surface area contributed by atoms with Gasteiger partial charge in [0.15, 0.2) is 0 Å². The lowest BCUT2D eigenvalue weighted by Gasteiger charge is -2.23. The molecule has 0 N–H and O–H groups in total. The van der Waals surface area contributed by atoms with Crippen LogP contribution in [0.3, 0.4) is 0 Å². The topological polar surface area (TPSA) is 61.2 Å². The molecular formula is C25H24N2O2S. The van der Waals surface area contributed by atoms with E-state index in [4.69, 9.17) is 0 Å². The molecule has 0 spiro atoms. The molecule has 0 atom stereocenters. The summed E-state index contributed by atoms with van der Waals surface area (Å²) in [5.41, 5.74) is 3.89. The standard InChI is InChI=1S/C25H24N2O2S/c1-3-27(19-22-7-5-4-6-8-22)23-13-11-21(12-14-23)17-25(18-26)30(28,29)24-15-9-20(2)10-16-24/h4-17H,3,19H2,1-2H3/b25-17+. The molecule has 4 nitrogen and oxygen atoms in total. The molecule has 0 bridgehead atoms. The first kappa shape index (κ1) is 21.4. The first-order valence-electron chi connectivity index (χ1n) is 9.76. The van der Waals surface area contributed by atoms with Crippen LogP contribution in [0.1, 0.15) is 23.6 Å². The van der Waals surface area contributed by atoms with Crippen LogP contribution in [-0.2, 0) is 16.4 Å². The molecule has 0 aliphatic rings. The van der Waals surface area contributed by atoms with E-state index in [1.54, 1.807) is 12.1 Å². The number of hydrogen-bond acceptors (Lipinski definition) is 4. The molecule has 0 aliphatic heterocycles. The lowest BCUT2D eigenvalue weighted by Crippen LogP contribution is -2.21. The van der Waals surface area contributed by atoms with E-state index in [0.29, 0.717) is 5.56 Å². The first-order chi connectivity index (χ1) is 14.4. The number of sulfone groups is 1. The van der Waals surface area contributed by atoms with Crippen LogP contribution in [0.25, 0.3) is 6.08 Å². The molecule has 3 rings (SSSR count). The Morgan fingerprint density at radius 3 is 2.17 bits per heavy atom. The summed E-state index contributed by atoms with van der Waals surface area (Å²) in [6.07, 6.45) is 1.42. The molecular weight excluding hydrogens is 392 g/mol. The van der Waals surface area contributed by atoms with E-state index >= 15 is 0 Å². The maximum atomic E-state index is 12.8. The quantitative estimate of drug-likeness (QED) is 0.487. The van der Waals surface area contributed by atoms with Crippen LogP contribution in [-0.4, -0.2) is 15.0 Å². The third-order valence-corrected chi connectivity index (χ3v) is 6.57. The molecule has 0 radical (unpaired) electrons. The van der Waals surface area contributed by atoms with Gasteiger partial charge in [-0.2, -0.15) is 5.26 Å². The Balaban J connectivity index is 1.84. The lowest BCUT2D eigenvalue weighted by molar-refractivity contribution is 0.603. The molecule has 0 aromatic heterocycles. The second kappa shape index (κ2) is 9.43. The zero-order valence-corrected chi connectivity index (χ0v) is 17.9. The van der Waals surface area contributed by atoms with Gasteiger partial charge in [-0.3, -0.25) is 0 Å². The van der Waals surface area contributed by atoms with Crippen molar-refractivity contribution in [2.75, 3.05) is 11.4 Å². The van der Waals surface area contributed by atoms with Crippen LogP contribution >= 0.6 is 0 Å². The summed E-state index contributed by atoms with van der Waals surface area (Å²) >= 11 is 0. The second-order valence-electron chi connectivity index (χ2n) is 7.03. The highest BCUT2D eigenvalue weighted by Crippen LogP contribution is 2.23. The largest absolute Gasteiger partial charge is 0.367 e. The highest BCUT2D eigenvalue weighted by Gasteiger charge is 2.20. The Labute approximate surface area is 178 Å². The van der Waals surface area contributed by atoms with E-state index in [2.05, 4.69) is 24.0 Å². The summed E-state index contributed by atoms with van der Waals surface area (Å²) in [7, 11) is -3.85. The first-order valence-corrected chi connectivity index (χ1v) is 11.2. The molecule has 3 aromatic carbocycles. The predicted molar refractivity (Wildman–Crippen MR) is 122 cm³/mol. The third kappa shape index (κ3) is 4.97. The average Bonchev–Trinajstić information content (AvgIpc) is 2.77. The minimum Gasteiger partial charge on any atom is -0.367 e. The van der Waals surface area contributed by atoms with Crippen molar-refractivity contribution < 1.29 is 8.42 Å². The van der Waals surface area contributed by atoms with E-state index in [1.807, 2.05) is 55.5 Å². The van der Waals surface area contributed by atoms with E-state index in [-0.39, 0.29) is 9.80 Å². The van der Waals surface area contributed by atoms with Gasteiger partial charge in [0.05, 0.1) is 4.90 Å². The molecule has 0 fully saturated rings. The molecule has 0 amide bonds. The molecule has 152 valence electrons. The van der Waals surface area contributed by atoms with Gasteiger partial charge in [0.1, 0.15) is 11.0 Å². The fourth-order valence-corrected chi connectivity index (χ4v) is 4.30. The van der Waals surface area contributed by atoms with Crippen molar-refractivity contribution in [3.63, 3.8) is 0 Å². The van der Waals surface area contributed by atoms with Crippen molar-refractivity contribution in [3.8, 4) is 6.07 Å². The average molecular weight is 417 g/mol. The molecule has 0 saturated carbocycles. The van der Waals surface area contributed by atoms with E-state index in [9.17, 15) is 13.7 Å². The summed E-state index contributed by atoms with van der Waals surface area (Å²) < 4.78 is 25.6. The van der Waals surface area contributed by atoms with Crippen LogP contribution < -0.4 is 4.90 Å². The maximum Gasteiger partial charge on any atom is 0.216 e. The molecule has 5 heteroatoms. The Morgan fingerprint density at radius 2 is 1.60 bits per heavy atom. The summed E-state index contributed by atoms with van der Waals surface area (Å²) in [5, 5.41) is 9.48. The van der Waals surface area contributed by atoms with Crippen molar-refractivity contribution in [2.24, 2.45) is 0 Å². The van der Waals surface area contributed by atoms with Crippen LogP contribution in [0.2, 0.25) is 0 Å². The Kier molecular flexibility index (Phi) is 6.71. The van der Waals surface area contributed by atoms with Crippen molar-refractivity contribution in [1.82, 2.24) is 0 Å². The SMILES string of the molecule is CCN(Cc1ccccc1)c1ccc(/C=C(\C#N)S(=O)(=O)c2ccc(C)cc2)cc1. The van der Waals surface area contributed by atoms with Crippen LogP contribution in [0.4, 0.5) is 5.69 Å². The van der Waals surface area contributed by atoms with Gasteiger partial charge >= 0.3 is 0 Å². The van der Waals surface area contributed by atoms with E-state index in [1.165, 1.54) is 23.8 Å². The van der Waals surface area contributed by atoms with Gasteiger partial charge in [-0.15, -0.1) is 0 Å². The summed E-state index contributed by atoms with van der Waals surface area (Å²) in [6.45, 7) is 5.61. The monoisotopic (exact) mass is 416 g/mol. The molecule has 0 unspecified atom stereocenters. The predicted octanol–water partition coefficient (Wildman–Crippen LogP) is 5.36. The summed E-state index contributed by atoms with van der Waals surface area (Å²) in [6, 6.07) is 26.2. The summed E-state index contributed by atoms with van der Waals surface area (Å²) in [5.74, 6) is 0. The van der Waals surface area contributed by atoms with Gasteiger partial charge < -0.3 is 4.90 Å². The van der Waals surface area contributed by atoms with E-state index in [0.717, 1.165) is 24.3 Å². The number of nitriles is 1. The number of nitrogens with zero attached hydrogens (tertiary/aromatic N) is 2. The summed E-state index contributed by atoms with van der Waals surface area (Å²) in [4.78, 5) is 2.09. The Hall–Kier alpha value is -3.36. The van der Waals surface area contributed by atoms with Crippen molar-refractivity contribution in [3.05, 3.63) is 100 Å². The Morgan fingerprint density at radius 1 is 0.967 bits per heavy atom. The highest BCUT2D eigenvalue weighted by molar-refractivity contribution is 7.95. The number of anilines is 1. The van der Waals surface area contributed by atoms with Gasteiger partial charge in [0, 0.05) is 18.8 Å². The smallest absolute Gasteiger partial charge is 0.216 e. The van der Waals surface area contributed by atoms with Gasteiger partial charge in [-0.1, -0.05) is 60.2 Å². The third-order valence-electron chi connectivity index (χ3n) is 4.88. The molecule has 0 saturated heterocycles. The number of hydrogen-bond donors (Lipinski definition) is 0. The van der Waals surface area contributed by atoms with Crippen LogP contribution in [0, 0.1) is 18.3 Å². The van der Waals surface area contributed by atoms with Crippen molar-refractivity contribution in [2.45, 2.75) is 25.3 Å². The lowest BCUT2D eigenvalue weighted by atomic mass is 10.1. The fraction of sp³-hybridized carbons (Fsp3) is 0.160. The normalized spacial score (nSPS) is 11.7. The van der Waals surface area contributed by atoms with Gasteiger partial charge in [0.2, 0.25) is 9.84 Å². The van der Waals surface area contributed by atoms with Gasteiger partial charge in [-0.25, -0.2) is 8.42 Å². The number of aryl methyl sites for hydroxylation is 1. The molecule has 0 aliphatic carbocycles. The van der Waals surface area contributed by atoms with Crippen LogP contribution in [0.5, 0.6) is 0 Å². The minimum absolute atomic E-state index is 0.123. The fourth-order valence-electron chi connectivity index (χ4n) is 3.14. The maximum absolute atomic E-state index is 12.8. The van der Waals surface area contributed by atoms with Crippen molar-refractivity contribution in [1.29, 1.82) is 5.26 Å². The van der Waals surface area contributed by atoms with Crippen molar-refractivity contribution >= 4 is 21.6 Å². The number of benzene rings is 3.